The Bertz CT molecular complexity index is 761. The molecule has 4 nitrogen and oxygen atoms in total. The van der Waals surface area contributed by atoms with Gasteiger partial charge in [-0.05, 0) is 41.3 Å². The lowest BCUT2D eigenvalue weighted by atomic mass is 9.91. The summed E-state index contributed by atoms with van der Waals surface area (Å²) in [5.74, 6) is -0.216. The van der Waals surface area contributed by atoms with Crippen molar-refractivity contribution in [1.82, 2.24) is 15.3 Å². The Morgan fingerprint density at radius 3 is 2.38 bits per heavy atom. The first kappa shape index (κ1) is 15.9. The largest absolute Gasteiger partial charge is 0.351 e. The van der Waals surface area contributed by atoms with Crippen LogP contribution in [0.2, 0.25) is 0 Å². The van der Waals surface area contributed by atoms with Crippen LogP contribution in [0.5, 0.6) is 0 Å². The van der Waals surface area contributed by atoms with Crippen molar-refractivity contribution in [1.29, 1.82) is 0 Å². The summed E-state index contributed by atoms with van der Waals surface area (Å²) in [7, 11) is 0. The minimum atomic E-state index is -0.231. The Morgan fingerprint density at radius 2 is 1.67 bits per heavy atom. The summed E-state index contributed by atoms with van der Waals surface area (Å²) >= 11 is 0. The third kappa shape index (κ3) is 4.26. The molecule has 0 saturated carbocycles. The minimum absolute atomic E-state index is 0.0156. The van der Waals surface area contributed by atoms with Crippen LogP contribution in [0.1, 0.15) is 22.6 Å². The van der Waals surface area contributed by atoms with E-state index in [4.69, 9.17) is 0 Å². The Morgan fingerprint density at radius 1 is 0.875 bits per heavy atom. The van der Waals surface area contributed by atoms with E-state index in [1.165, 1.54) is 0 Å². The van der Waals surface area contributed by atoms with Gasteiger partial charge in [-0.2, -0.15) is 0 Å². The summed E-state index contributed by atoms with van der Waals surface area (Å²) in [5.41, 5.74) is 3.09. The van der Waals surface area contributed by atoms with E-state index in [-0.39, 0.29) is 11.8 Å². The van der Waals surface area contributed by atoms with Crippen molar-refractivity contribution in [2.45, 2.75) is 18.9 Å². The van der Waals surface area contributed by atoms with Crippen LogP contribution >= 0.6 is 0 Å². The van der Waals surface area contributed by atoms with Crippen molar-refractivity contribution in [3.63, 3.8) is 0 Å². The number of hydrogen-bond acceptors (Lipinski definition) is 3. The van der Waals surface area contributed by atoms with E-state index in [1.807, 2.05) is 54.6 Å². The zero-order valence-corrected chi connectivity index (χ0v) is 13.3. The molecule has 0 fully saturated rings. The summed E-state index contributed by atoms with van der Waals surface area (Å²) in [6.45, 7) is 0.479. The number of amides is 1. The van der Waals surface area contributed by atoms with Crippen LogP contribution < -0.4 is 5.32 Å². The molecule has 0 bridgehead atoms. The molecule has 1 amide bonds. The van der Waals surface area contributed by atoms with Crippen molar-refractivity contribution in [2.75, 3.05) is 0 Å². The standard InChI is InChI=1S/C20H19N3O/c24-20(23-15-17-5-4-10-22-14-17)19(18-6-2-1-3-7-18)13-16-8-11-21-12-9-16/h1-12,14,19H,13,15H2,(H,23,24). The lowest BCUT2D eigenvalue weighted by molar-refractivity contribution is -0.122. The Kier molecular flexibility index (Phi) is 5.30. The van der Waals surface area contributed by atoms with Gasteiger partial charge in [-0.25, -0.2) is 0 Å². The smallest absolute Gasteiger partial charge is 0.228 e. The predicted octanol–water partition coefficient (Wildman–Crippen LogP) is 3.12. The van der Waals surface area contributed by atoms with E-state index in [0.717, 1.165) is 16.7 Å². The third-order valence-electron chi connectivity index (χ3n) is 3.90. The molecule has 120 valence electrons. The zero-order chi connectivity index (χ0) is 16.6. The molecule has 0 aliphatic heterocycles. The number of rotatable bonds is 6. The van der Waals surface area contributed by atoms with Crippen LogP contribution in [0.4, 0.5) is 0 Å². The molecule has 3 rings (SSSR count). The monoisotopic (exact) mass is 317 g/mol. The maximum atomic E-state index is 12.8. The normalized spacial score (nSPS) is 11.7. The lowest BCUT2D eigenvalue weighted by Crippen LogP contribution is -2.30. The zero-order valence-electron chi connectivity index (χ0n) is 13.3. The van der Waals surface area contributed by atoms with Crippen molar-refractivity contribution in [3.8, 4) is 0 Å². The molecule has 1 unspecified atom stereocenters. The van der Waals surface area contributed by atoms with Crippen molar-refractivity contribution >= 4 is 5.91 Å². The fourth-order valence-electron chi connectivity index (χ4n) is 2.62. The average molecular weight is 317 g/mol. The molecular formula is C20H19N3O. The van der Waals surface area contributed by atoms with Crippen LogP contribution in [0.3, 0.4) is 0 Å². The van der Waals surface area contributed by atoms with E-state index < -0.39 is 0 Å². The topological polar surface area (TPSA) is 54.9 Å². The highest BCUT2D eigenvalue weighted by Crippen LogP contribution is 2.21. The first-order valence-electron chi connectivity index (χ1n) is 7.93. The van der Waals surface area contributed by atoms with Gasteiger partial charge in [0.25, 0.3) is 0 Å². The number of nitrogens with zero attached hydrogens (tertiary/aromatic N) is 2. The van der Waals surface area contributed by atoms with E-state index in [0.29, 0.717) is 13.0 Å². The van der Waals surface area contributed by atoms with Gasteiger partial charge in [-0.15, -0.1) is 0 Å². The first-order valence-corrected chi connectivity index (χ1v) is 7.93. The highest BCUT2D eigenvalue weighted by molar-refractivity contribution is 5.84. The SMILES string of the molecule is O=C(NCc1cccnc1)C(Cc1ccncc1)c1ccccc1. The average Bonchev–Trinajstić information content (AvgIpc) is 2.66. The molecule has 0 saturated heterocycles. The molecule has 0 radical (unpaired) electrons. The molecule has 0 aliphatic carbocycles. The molecule has 2 aromatic heterocycles. The van der Waals surface area contributed by atoms with Crippen LogP contribution in [-0.4, -0.2) is 15.9 Å². The minimum Gasteiger partial charge on any atom is -0.351 e. The van der Waals surface area contributed by atoms with Crippen LogP contribution in [-0.2, 0) is 17.8 Å². The van der Waals surface area contributed by atoms with Gasteiger partial charge in [0.15, 0.2) is 0 Å². The molecule has 4 heteroatoms. The lowest BCUT2D eigenvalue weighted by Gasteiger charge is -2.17. The molecule has 1 aromatic carbocycles. The fraction of sp³-hybridized carbons (Fsp3) is 0.150. The van der Waals surface area contributed by atoms with Gasteiger partial charge in [-0.1, -0.05) is 36.4 Å². The fourth-order valence-corrected chi connectivity index (χ4v) is 2.62. The maximum Gasteiger partial charge on any atom is 0.228 e. The van der Waals surface area contributed by atoms with Crippen LogP contribution in [0.25, 0.3) is 0 Å². The molecule has 1 N–H and O–H groups in total. The number of benzene rings is 1. The van der Waals surface area contributed by atoms with E-state index in [9.17, 15) is 4.79 Å². The van der Waals surface area contributed by atoms with Gasteiger partial charge in [0.05, 0.1) is 5.92 Å². The predicted molar refractivity (Wildman–Crippen MR) is 93.2 cm³/mol. The molecule has 1 atom stereocenters. The number of pyridine rings is 2. The third-order valence-corrected chi connectivity index (χ3v) is 3.90. The number of nitrogens with one attached hydrogen (secondary N) is 1. The van der Waals surface area contributed by atoms with Gasteiger partial charge < -0.3 is 5.32 Å². The van der Waals surface area contributed by atoms with Crippen molar-refractivity contribution in [2.24, 2.45) is 0 Å². The maximum absolute atomic E-state index is 12.8. The summed E-state index contributed by atoms with van der Waals surface area (Å²) in [6.07, 6.45) is 7.64. The molecular weight excluding hydrogens is 298 g/mol. The van der Waals surface area contributed by atoms with Crippen molar-refractivity contribution < 1.29 is 4.79 Å². The van der Waals surface area contributed by atoms with Crippen molar-refractivity contribution in [3.05, 3.63) is 96.1 Å². The number of aromatic nitrogens is 2. The quantitative estimate of drug-likeness (QED) is 0.760. The Labute approximate surface area is 141 Å². The molecule has 0 spiro atoms. The second kappa shape index (κ2) is 8.02. The highest BCUT2D eigenvalue weighted by Gasteiger charge is 2.20. The van der Waals surface area contributed by atoms with Gasteiger partial charge >= 0.3 is 0 Å². The first-order chi connectivity index (χ1) is 11.8. The number of carbonyl (C=O) groups excluding carboxylic acids is 1. The Hall–Kier alpha value is -3.01. The molecule has 24 heavy (non-hydrogen) atoms. The molecule has 2 heterocycles. The summed E-state index contributed by atoms with van der Waals surface area (Å²) < 4.78 is 0. The van der Waals surface area contributed by atoms with Crippen LogP contribution in [0, 0.1) is 0 Å². The summed E-state index contributed by atoms with van der Waals surface area (Å²) in [5, 5.41) is 3.02. The highest BCUT2D eigenvalue weighted by atomic mass is 16.1. The van der Waals surface area contributed by atoms with E-state index in [2.05, 4.69) is 15.3 Å². The summed E-state index contributed by atoms with van der Waals surface area (Å²) in [6, 6.07) is 17.6. The summed E-state index contributed by atoms with van der Waals surface area (Å²) in [4.78, 5) is 20.9. The van der Waals surface area contributed by atoms with Crippen LogP contribution in [0.15, 0.2) is 79.4 Å². The Balaban J connectivity index is 1.75. The second-order valence-corrected chi connectivity index (χ2v) is 5.60. The van der Waals surface area contributed by atoms with Gasteiger partial charge in [-0.3, -0.25) is 14.8 Å². The van der Waals surface area contributed by atoms with Gasteiger partial charge in [0, 0.05) is 31.3 Å². The van der Waals surface area contributed by atoms with Gasteiger partial charge in [0.2, 0.25) is 5.91 Å². The van der Waals surface area contributed by atoms with Gasteiger partial charge in [0.1, 0.15) is 0 Å². The van der Waals surface area contributed by atoms with E-state index in [1.54, 1.807) is 24.8 Å². The van der Waals surface area contributed by atoms with E-state index >= 15 is 0 Å². The molecule has 0 aliphatic rings. The number of carbonyl (C=O) groups is 1. The molecule has 3 aromatic rings. The second-order valence-electron chi connectivity index (χ2n) is 5.60. The number of hydrogen-bond donors (Lipinski definition) is 1.